The van der Waals surface area contributed by atoms with Gasteiger partial charge >= 0.3 is 0 Å². The second-order valence-corrected chi connectivity index (χ2v) is 10.1. The SMILES string of the molecule is CCCC1(C)CCCN(C(=NC)NCCS(=O)(=O)NCC2CCCCO2)C1. The molecule has 7 nitrogen and oxygen atoms in total. The summed E-state index contributed by atoms with van der Waals surface area (Å²) < 4.78 is 32.8. The largest absolute Gasteiger partial charge is 0.377 e. The van der Waals surface area contributed by atoms with E-state index in [0.717, 1.165) is 51.3 Å². The first kappa shape index (κ1) is 22.4. The zero-order valence-corrected chi connectivity index (χ0v) is 18.1. The van der Waals surface area contributed by atoms with E-state index in [2.05, 4.69) is 33.8 Å². The van der Waals surface area contributed by atoms with Crippen LogP contribution in [-0.2, 0) is 14.8 Å². The average Bonchev–Trinajstić information content (AvgIpc) is 2.64. The Morgan fingerprint density at radius 3 is 2.81 bits per heavy atom. The molecule has 0 aromatic rings. The number of rotatable bonds is 8. The molecule has 0 bridgehead atoms. The van der Waals surface area contributed by atoms with Crippen LogP contribution < -0.4 is 10.0 Å². The number of piperidine rings is 1. The highest BCUT2D eigenvalue weighted by Crippen LogP contribution is 2.33. The zero-order chi connectivity index (χ0) is 19.8. The molecule has 2 unspecified atom stereocenters. The molecule has 0 aromatic carbocycles. The first-order chi connectivity index (χ1) is 12.9. The summed E-state index contributed by atoms with van der Waals surface area (Å²) in [6, 6.07) is 0. The number of hydrogen-bond donors (Lipinski definition) is 2. The Morgan fingerprint density at radius 1 is 1.33 bits per heavy atom. The monoisotopic (exact) mass is 402 g/mol. The van der Waals surface area contributed by atoms with Crippen LogP contribution in [0.4, 0.5) is 0 Å². The fourth-order valence-electron chi connectivity index (χ4n) is 4.19. The van der Waals surface area contributed by atoms with Crippen molar-refractivity contribution in [2.24, 2.45) is 10.4 Å². The number of hydrogen-bond acceptors (Lipinski definition) is 4. The van der Waals surface area contributed by atoms with Crippen LogP contribution in [0.15, 0.2) is 4.99 Å². The molecule has 2 saturated heterocycles. The summed E-state index contributed by atoms with van der Waals surface area (Å²) in [4.78, 5) is 6.65. The van der Waals surface area contributed by atoms with Gasteiger partial charge in [-0.3, -0.25) is 4.99 Å². The van der Waals surface area contributed by atoms with Crippen molar-refractivity contribution in [2.45, 2.75) is 64.9 Å². The van der Waals surface area contributed by atoms with Gasteiger partial charge in [0.2, 0.25) is 10.0 Å². The van der Waals surface area contributed by atoms with E-state index in [1.807, 2.05) is 0 Å². The zero-order valence-electron chi connectivity index (χ0n) is 17.3. The highest BCUT2D eigenvalue weighted by atomic mass is 32.2. The Morgan fingerprint density at radius 2 is 2.15 bits per heavy atom. The number of sulfonamides is 1. The molecule has 0 aliphatic carbocycles. The molecular weight excluding hydrogens is 364 g/mol. The van der Waals surface area contributed by atoms with Gasteiger partial charge in [0, 0.05) is 39.8 Å². The smallest absolute Gasteiger partial charge is 0.213 e. The van der Waals surface area contributed by atoms with Gasteiger partial charge < -0.3 is 15.0 Å². The molecule has 0 radical (unpaired) electrons. The van der Waals surface area contributed by atoms with Crippen LogP contribution in [0.2, 0.25) is 0 Å². The van der Waals surface area contributed by atoms with Gasteiger partial charge in [-0.25, -0.2) is 13.1 Å². The molecule has 2 atom stereocenters. The van der Waals surface area contributed by atoms with Gasteiger partial charge in [0.25, 0.3) is 0 Å². The predicted octanol–water partition coefficient (Wildman–Crippen LogP) is 1.95. The lowest BCUT2D eigenvalue weighted by Crippen LogP contribution is -2.50. The maximum absolute atomic E-state index is 12.2. The molecular formula is C19H38N4O3S. The Balaban J connectivity index is 1.76. The third kappa shape index (κ3) is 7.58. The van der Waals surface area contributed by atoms with Crippen molar-refractivity contribution in [1.29, 1.82) is 0 Å². The molecule has 2 rings (SSSR count). The van der Waals surface area contributed by atoms with Crippen molar-refractivity contribution >= 4 is 16.0 Å². The maximum atomic E-state index is 12.2. The van der Waals surface area contributed by atoms with Crippen molar-refractivity contribution < 1.29 is 13.2 Å². The third-order valence-corrected chi connectivity index (χ3v) is 6.95. The van der Waals surface area contributed by atoms with E-state index >= 15 is 0 Å². The number of ether oxygens (including phenoxy) is 1. The van der Waals surface area contributed by atoms with Crippen molar-refractivity contribution in [3.05, 3.63) is 0 Å². The minimum atomic E-state index is -3.31. The molecule has 2 N–H and O–H groups in total. The summed E-state index contributed by atoms with van der Waals surface area (Å²) in [5.74, 6) is 0.849. The van der Waals surface area contributed by atoms with Crippen molar-refractivity contribution in [3.8, 4) is 0 Å². The number of nitrogens with zero attached hydrogens (tertiary/aromatic N) is 2. The number of nitrogens with one attached hydrogen (secondary N) is 2. The van der Waals surface area contributed by atoms with Crippen molar-refractivity contribution in [2.75, 3.05) is 45.6 Å². The van der Waals surface area contributed by atoms with Gasteiger partial charge in [0.15, 0.2) is 5.96 Å². The molecule has 8 heteroatoms. The van der Waals surface area contributed by atoms with Crippen LogP contribution in [0, 0.1) is 5.41 Å². The molecule has 2 aliphatic rings. The highest BCUT2D eigenvalue weighted by Gasteiger charge is 2.31. The van der Waals surface area contributed by atoms with Crippen molar-refractivity contribution in [1.82, 2.24) is 14.9 Å². The van der Waals surface area contributed by atoms with E-state index < -0.39 is 10.0 Å². The molecule has 2 aliphatic heterocycles. The second-order valence-electron chi connectivity index (χ2n) is 8.22. The average molecular weight is 403 g/mol. The first-order valence-electron chi connectivity index (χ1n) is 10.4. The fourth-order valence-corrected chi connectivity index (χ4v) is 5.15. The lowest BCUT2D eigenvalue weighted by Gasteiger charge is -2.42. The fraction of sp³-hybridized carbons (Fsp3) is 0.947. The third-order valence-electron chi connectivity index (χ3n) is 5.60. The van der Waals surface area contributed by atoms with Gasteiger partial charge in [-0.15, -0.1) is 0 Å². The maximum Gasteiger partial charge on any atom is 0.213 e. The van der Waals surface area contributed by atoms with Crippen LogP contribution in [0.1, 0.15) is 58.8 Å². The summed E-state index contributed by atoms with van der Waals surface area (Å²) in [5, 5.41) is 3.24. The topological polar surface area (TPSA) is 83.0 Å². The van der Waals surface area contributed by atoms with Gasteiger partial charge in [-0.1, -0.05) is 20.3 Å². The van der Waals surface area contributed by atoms with Gasteiger partial charge in [-0.05, 0) is 43.9 Å². The molecule has 0 amide bonds. The Bertz CT molecular complexity index is 572. The first-order valence-corrected chi connectivity index (χ1v) is 12.1. The van der Waals surface area contributed by atoms with E-state index in [-0.39, 0.29) is 11.9 Å². The quantitative estimate of drug-likeness (QED) is 0.479. The highest BCUT2D eigenvalue weighted by molar-refractivity contribution is 7.89. The lowest BCUT2D eigenvalue weighted by molar-refractivity contribution is 0.0200. The van der Waals surface area contributed by atoms with Gasteiger partial charge in [0.05, 0.1) is 11.9 Å². The summed E-state index contributed by atoms with van der Waals surface area (Å²) in [5.41, 5.74) is 0.318. The van der Waals surface area contributed by atoms with Gasteiger partial charge in [-0.2, -0.15) is 0 Å². The summed E-state index contributed by atoms with van der Waals surface area (Å²) in [6.07, 6.45) is 7.91. The summed E-state index contributed by atoms with van der Waals surface area (Å²) >= 11 is 0. The molecule has 0 saturated carbocycles. The Kier molecular flexibility index (Phi) is 8.82. The Hall–Kier alpha value is -0.860. The van der Waals surface area contributed by atoms with E-state index in [0.29, 0.717) is 18.5 Å². The molecule has 2 fully saturated rings. The van der Waals surface area contributed by atoms with Crippen LogP contribution in [0.5, 0.6) is 0 Å². The molecule has 27 heavy (non-hydrogen) atoms. The van der Waals surface area contributed by atoms with Crippen LogP contribution in [0.25, 0.3) is 0 Å². The minimum absolute atomic E-state index is 0.0128. The van der Waals surface area contributed by atoms with E-state index in [4.69, 9.17) is 4.74 Å². The number of aliphatic imine (C=N–C) groups is 1. The van der Waals surface area contributed by atoms with Crippen LogP contribution in [0.3, 0.4) is 0 Å². The lowest BCUT2D eigenvalue weighted by atomic mass is 9.78. The molecule has 158 valence electrons. The molecule has 2 heterocycles. The molecule has 0 spiro atoms. The normalized spacial score (nSPS) is 27.6. The van der Waals surface area contributed by atoms with Gasteiger partial charge in [0.1, 0.15) is 0 Å². The second kappa shape index (κ2) is 10.6. The molecule has 0 aromatic heterocycles. The standard InChI is InChI=1S/C19H38N4O3S/c1-4-9-19(2)10-7-12-23(16-19)18(20-3)21-11-14-27(24,25)22-15-17-8-5-6-13-26-17/h17,22H,4-16H2,1-3H3,(H,20,21). The van der Waals surface area contributed by atoms with E-state index in [1.165, 1.54) is 19.3 Å². The van der Waals surface area contributed by atoms with Crippen LogP contribution in [-0.4, -0.2) is 71.0 Å². The number of guanidine groups is 1. The van der Waals surface area contributed by atoms with E-state index in [9.17, 15) is 8.42 Å². The summed E-state index contributed by atoms with van der Waals surface area (Å²) in [7, 11) is -1.55. The van der Waals surface area contributed by atoms with Crippen molar-refractivity contribution in [3.63, 3.8) is 0 Å². The minimum Gasteiger partial charge on any atom is -0.377 e. The number of likely N-dealkylation sites (tertiary alicyclic amines) is 1. The summed E-state index contributed by atoms with van der Waals surface area (Å²) in [6.45, 7) is 7.99. The Labute approximate surface area is 165 Å². The van der Waals surface area contributed by atoms with E-state index in [1.54, 1.807) is 7.05 Å². The predicted molar refractivity (Wildman–Crippen MR) is 111 cm³/mol. The van der Waals surface area contributed by atoms with Crippen LogP contribution >= 0.6 is 0 Å².